The lowest BCUT2D eigenvalue weighted by Crippen LogP contribution is -2.41. The highest BCUT2D eigenvalue weighted by molar-refractivity contribution is 5.43. The van der Waals surface area contributed by atoms with Crippen LogP contribution in [0.1, 0.15) is 63.9 Å². The van der Waals surface area contributed by atoms with Crippen molar-refractivity contribution in [2.24, 2.45) is 0 Å². The first kappa shape index (κ1) is 22.1. The van der Waals surface area contributed by atoms with E-state index in [1.54, 1.807) is 0 Å². The van der Waals surface area contributed by atoms with Crippen LogP contribution in [0.5, 0.6) is 0 Å². The lowest BCUT2D eigenvalue weighted by Gasteiger charge is -2.31. The van der Waals surface area contributed by atoms with Crippen molar-refractivity contribution in [3.05, 3.63) is 48.2 Å². The summed E-state index contributed by atoms with van der Waals surface area (Å²) in [6.45, 7) is 6.90. The molecular formula is C26H39N5. The number of hydrogen-bond acceptors (Lipinski definition) is 5. The predicted octanol–water partition coefficient (Wildman–Crippen LogP) is 5.14. The van der Waals surface area contributed by atoms with E-state index in [-0.39, 0.29) is 0 Å². The molecule has 0 aliphatic carbocycles. The van der Waals surface area contributed by atoms with Gasteiger partial charge in [0.25, 0.3) is 0 Å². The van der Waals surface area contributed by atoms with Crippen LogP contribution in [0.3, 0.4) is 0 Å². The minimum atomic E-state index is 0.418. The highest BCUT2D eigenvalue weighted by Crippen LogP contribution is 2.21. The molecule has 2 atom stereocenters. The maximum atomic E-state index is 4.89. The number of anilines is 2. The SMILES string of the molecule is CC(CCc1ccccc1)N1CCCCC(Nc2nccc(N3CCCCCC3)n2)C1. The van der Waals surface area contributed by atoms with Crippen LogP contribution in [-0.4, -0.2) is 53.1 Å². The van der Waals surface area contributed by atoms with E-state index in [1.807, 2.05) is 6.20 Å². The quantitative estimate of drug-likeness (QED) is 0.670. The van der Waals surface area contributed by atoms with E-state index in [1.165, 1.54) is 63.5 Å². The molecule has 1 N–H and O–H groups in total. The summed E-state index contributed by atoms with van der Waals surface area (Å²) < 4.78 is 0. The number of hydrogen-bond donors (Lipinski definition) is 1. The molecule has 0 bridgehead atoms. The average Bonchev–Trinajstić information content (AvgIpc) is 3.22. The topological polar surface area (TPSA) is 44.3 Å². The van der Waals surface area contributed by atoms with Crippen LogP contribution in [0, 0.1) is 0 Å². The fraction of sp³-hybridized carbons (Fsp3) is 0.615. The summed E-state index contributed by atoms with van der Waals surface area (Å²) in [5.74, 6) is 1.88. The minimum Gasteiger partial charge on any atom is -0.356 e. The van der Waals surface area contributed by atoms with Crippen LogP contribution in [-0.2, 0) is 6.42 Å². The fourth-order valence-corrected chi connectivity index (χ4v) is 4.97. The lowest BCUT2D eigenvalue weighted by atomic mass is 10.0. The molecule has 2 unspecified atom stereocenters. The Balaban J connectivity index is 1.34. The second-order valence-corrected chi connectivity index (χ2v) is 9.34. The molecule has 31 heavy (non-hydrogen) atoms. The third-order valence-corrected chi connectivity index (χ3v) is 6.92. The normalized spacial score (nSPS) is 21.8. The van der Waals surface area contributed by atoms with Gasteiger partial charge in [0.1, 0.15) is 5.82 Å². The maximum Gasteiger partial charge on any atom is 0.224 e. The van der Waals surface area contributed by atoms with Gasteiger partial charge < -0.3 is 10.2 Å². The molecule has 0 amide bonds. The van der Waals surface area contributed by atoms with Crippen molar-refractivity contribution in [2.75, 3.05) is 36.4 Å². The van der Waals surface area contributed by atoms with Gasteiger partial charge in [-0.05, 0) is 63.6 Å². The molecule has 0 spiro atoms. The third kappa shape index (κ3) is 6.67. The second kappa shape index (κ2) is 11.5. The van der Waals surface area contributed by atoms with Gasteiger partial charge >= 0.3 is 0 Å². The van der Waals surface area contributed by atoms with Crippen molar-refractivity contribution in [1.29, 1.82) is 0 Å². The Morgan fingerprint density at radius 1 is 0.968 bits per heavy atom. The van der Waals surface area contributed by atoms with Crippen LogP contribution in [0.2, 0.25) is 0 Å². The standard InChI is InChI=1S/C26H39N5/c1-22(14-15-23-11-5-4-6-12-23)31-20-10-7-13-24(21-31)28-26-27-17-16-25(29-26)30-18-8-2-3-9-19-30/h4-6,11-12,16-17,22,24H,2-3,7-10,13-15,18-21H2,1H3,(H,27,28,29). The van der Waals surface area contributed by atoms with Gasteiger partial charge in [-0.2, -0.15) is 4.98 Å². The predicted molar refractivity (Wildman–Crippen MR) is 130 cm³/mol. The second-order valence-electron chi connectivity index (χ2n) is 9.34. The van der Waals surface area contributed by atoms with E-state index in [9.17, 15) is 0 Å². The van der Waals surface area contributed by atoms with Gasteiger partial charge in [0.05, 0.1) is 0 Å². The Bertz CT molecular complexity index is 772. The number of rotatable bonds is 7. The molecule has 2 aliphatic heterocycles. The molecule has 2 aliphatic rings. The average molecular weight is 422 g/mol. The van der Waals surface area contributed by atoms with E-state index >= 15 is 0 Å². The smallest absolute Gasteiger partial charge is 0.224 e. The molecule has 3 heterocycles. The first-order chi connectivity index (χ1) is 15.3. The number of aryl methyl sites for hydroxylation is 1. The summed E-state index contributed by atoms with van der Waals surface area (Å²) in [4.78, 5) is 14.6. The van der Waals surface area contributed by atoms with Gasteiger partial charge in [-0.25, -0.2) is 4.98 Å². The van der Waals surface area contributed by atoms with Crippen LogP contribution < -0.4 is 10.2 Å². The maximum absolute atomic E-state index is 4.89. The lowest BCUT2D eigenvalue weighted by molar-refractivity contribution is 0.202. The van der Waals surface area contributed by atoms with Gasteiger partial charge in [0, 0.05) is 37.9 Å². The molecular weight excluding hydrogens is 382 g/mol. The Kier molecular flexibility index (Phi) is 8.17. The molecule has 2 saturated heterocycles. The minimum absolute atomic E-state index is 0.418. The van der Waals surface area contributed by atoms with E-state index in [0.717, 1.165) is 37.8 Å². The summed E-state index contributed by atoms with van der Waals surface area (Å²) >= 11 is 0. The number of benzene rings is 1. The van der Waals surface area contributed by atoms with Crippen molar-refractivity contribution in [3.8, 4) is 0 Å². The largest absolute Gasteiger partial charge is 0.356 e. The van der Waals surface area contributed by atoms with Crippen molar-refractivity contribution in [3.63, 3.8) is 0 Å². The Morgan fingerprint density at radius 2 is 1.74 bits per heavy atom. The monoisotopic (exact) mass is 421 g/mol. The molecule has 4 rings (SSSR count). The summed E-state index contributed by atoms with van der Waals surface area (Å²) in [5.41, 5.74) is 1.44. The van der Waals surface area contributed by atoms with Crippen LogP contribution in [0.15, 0.2) is 42.6 Å². The van der Waals surface area contributed by atoms with Gasteiger partial charge in [-0.3, -0.25) is 4.90 Å². The molecule has 168 valence electrons. The van der Waals surface area contributed by atoms with Crippen molar-refractivity contribution < 1.29 is 0 Å². The fourth-order valence-electron chi connectivity index (χ4n) is 4.97. The number of aromatic nitrogens is 2. The molecule has 0 radical (unpaired) electrons. The highest BCUT2D eigenvalue weighted by atomic mass is 15.2. The number of nitrogens with zero attached hydrogens (tertiary/aromatic N) is 4. The molecule has 2 fully saturated rings. The Hall–Kier alpha value is -2.14. The Labute approximate surface area is 188 Å². The molecule has 1 aromatic heterocycles. The van der Waals surface area contributed by atoms with E-state index < -0.39 is 0 Å². The van der Waals surface area contributed by atoms with Gasteiger partial charge in [-0.1, -0.05) is 49.6 Å². The third-order valence-electron chi connectivity index (χ3n) is 6.92. The summed E-state index contributed by atoms with van der Waals surface area (Å²) in [6.07, 6.45) is 13.2. The van der Waals surface area contributed by atoms with Crippen molar-refractivity contribution in [1.82, 2.24) is 14.9 Å². The highest BCUT2D eigenvalue weighted by Gasteiger charge is 2.23. The van der Waals surface area contributed by atoms with Gasteiger partial charge in [-0.15, -0.1) is 0 Å². The molecule has 2 aromatic rings. The van der Waals surface area contributed by atoms with E-state index in [0.29, 0.717) is 12.1 Å². The molecule has 5 nitrogen and oxygen atoms in total. The zero-order valence-electron chi connectivity index (χ0n) is 19.2. The zero-order chi connectivity index (χ0) is 21.3. The summed E-state index contributed by atoms with van der Waals surface area (Å²) in [7, 11) is 0. The molecule has 0 saturated carbocycles. The first-order valence-electron chi connectivity index (χ1n) is 12.4. The van der Waals surface area contributed by atoms with Crippen molar-refractivity contribution >= 4 is 11.8 Å². The first-order valence-corrected chi connectivity index (χ1v) is 12.4. The van der Waals surface area contributed by atoms with Crippen LogP contribution >= 0.6 is 0 Å². The van der Waals surface area contributed by atoms with E-state index in [4.69, 9.17) is 4.98 Å². The summed E-state index contributed by atoms with van der Waals surface area (Å²) in [5, 5.41) is 3.68. The molecule has 1 aromatic carbocycles. The Morgan fingerprint density at radius 3 is 2.55 bits per heavy atom. The van der Waals surface area contributed by atoms with Crippen molar-refractivity contribution in [2.45, 2.75) is 76.8 Å². The van der Waals surface area contributed by atoms with Gasteiger partial charge in [0.2, 0.25) is 5.95 Å². The molecule has 5 heteroatoms. The summed E-state index contributed by atoms with van der Waals surface area (Å²) in [6, 6.07) is 14.0. The zero-order valence-corrected chi connectivity index (χ0v) is 19.2. The van der Waals surface area contributed by atoms with E-state index in [2.05, 4.69) is 63.4 Å². The number of nitrogens with one attached hydrogen (secondary N) is 1. The van der Waals surface area contributed by atoms with Gasteiger partial charge in [0.15, 0.2) is 0 Å². The van der Waals surface area contributed by atoms with Crippen LogP contribution in [0.4, 0.5) is 11.8 Å². The van der Waals surface area contributed by atoms with Crippen LogP contribution in [0.25, 0.3) is 0 Å². The number of likely N-dealkylation sites (tertiary alicyclic amines) is 1.